The Morgan fingerprint density at radius 2 is 1.77 bits per heavy atom. The highest BCUT2D eigenvalue weighted by molar-refractivity contribution is 5.95. The van der Waals surface area contributed by atoms with Crippen LogP contribution in [0.15, 0.2) is 33.5 Å². The first-order chi connectivity index (χ1) is 14.5. The maximum Gasteiger partial charge on any atom is 0.339 e. The van der Waals surface area contributed by atoms with Crippen LogP contribution in [0.25, 0.3) is 11.0 Å². The summed E-state index contributed by atoms with van der Waals surface area (Å²) in [6.45, 7) is 1.96. The number of ether oxygens (including phenoxy) is 3. The minimum absolute atomic E-state index is 0.186. The summed E-state index contributed by atoms with van der Waals surface area (Å²) in [5.74, 6) is 1.29. The third kappa shape index (κ3) is 2.70. The molecule has 2 aromatic carbocycles. The molecule has 2 heterocycles. The SMILES string of the molecule is COc1ccc(C2CC(=O)Oc3c2c(C)cc2oc(=O)c4c(c32)CCC4)cc1OC. The van der Waals surface area contributed by atoms with E-state index in [1.807, 2.05) is 31.2 Å². The van der Waals surface area contributed by atoms with Crippen molar-refractivity contribution in [1.29, 1.82) is 0 Å². The van der Waals surface area contributed by atoms with E-state index in [-0.39, 0.29) is 23.9 Å². The molecular weight excluding hydrogens is 384 g/mol. The summed E-state index contributed by atoms with van der Waals surface area (Å²) in [5, 5.41) is 0.765. The highest BCUT2D eigenvalue weighted by Gasteiger charge is 2.34. The van der Waals surface area contributed by atoms with E-state index in [0.717, 1.165) is 40.5 Å². The molecule has 1 aliphatic heterocycles. The number of hydrogen-bond acceptors (Lipinski definition) is 6. The van der Waals surface area contributed by atoms with Crippen LogP contribution in [-0.4, -0.2) is 20.2 Å². The van der Waals surface area contributed by atoms with Crippen molar-refractivity contribution in [2.45, 2.75) is 38.5 Å². The highest BCUT2D eigenvalue weighted by Crippen LogP contribution is 2.47. The van der Waals surface area contributed by atoms with E-state index in [9.17, 15) is 9.59 Å². The Morgan fingerprint density at radius 1 is 1.00 bits per heavy atom. The largest absolute Gasteiger partial charge is 0.493 e. The molecule has 6 nitrogen and oxygen atoms in total. The maximum absolute atomic E-state index is 12.6. The first kappa shape index (κ1) is 18.7. The monoisotopic (exact) mass is 406 g/mol. The van der Waals surface area contributed by atoms with E-state index in [1.165, 1.54) is 0 Å². The Morgan fingerprint density at radius 3 is 2.53 bits per heavy atom. The van der Waals surface area contributed by atoms with Gasteiger partial charge < -0.3 is 18.6 Å². The molecule has 0 saturated heterocycles. The minimum Gasteiger partial charge on any atom is -0.493 e. The van der Waals surface area contributed by atoms with Gasteiger partial charge in [0.25, 0.3) is 0 Å². The highest BCUT2D eigenvalue weighted by atomic mass is 16.5. The van der Waals surface area contributed by atoms with Crippen LogP contribution in [-0.2, 0) is 17.6 Å². The number of aryl methyl sites for hydroxylation is 2. The quantitative estimate of drug-likeness (QED) is 0.371. The second-order valence-electron chi connectivity index (χ2n) is 7.85. The van der Waals surface area contributed by atoms with Gasteiger partial charge in [-0.05, 0) is 61.1 Å². The molecule has 0 amide bonds. The van der Waals surface area contributed by atoms with Crippen LogP contribution < -0.4 is 19.8 Å². The number of hydrogen-bond donors (Lipinski definition) is 0. The maximum atomic E-state index is 12.6. The first-order valence-electron chi connectivity index (χ1n) is 10.1. The van der Waals surface area contributed by atoms with Gasteiger partial charge in [0.15, 0.2) is 11.5 Å². The fourth-order valence-corrected chi connectivity index (χ4v) is 4.86. The lowest BCUT2D eigenvalue weighted by atomic mass is 9.82. The zero-order valence-electron chi connectivity index (χ0n) is 17.2. The van der Waals surface area contributed by atoms with Gasteiger partial charge >= 0.3 is 11.6 Å². The third-order valence-electron chi connectivity index (χ3n) is 6.20. The van der Waals surface area contributed by atoms with Crippen LogP contribution in [0.5, 0.6) is 17.2 Å². The number of benzene rings is 2. The molecular formula is C24H22O6. The zero-order valence-corrected chi connectivity index (χ0v) is 17.2. The topological polar surface area (TPSA) is 75.0 Å². The molecule has 0 bridgehead atoms. The van der Waals surface area contributed by atoms with Crippen molar-refractivity contribution in [3.63, 3.8) is 0 Å². The summed E-state index contributed by atoms with van der Waals surface area (Å²) in [5.41, 5.74) is 4.69. The fraction of sp³-hybridized carbons (Fsp3) is 0.333. The average molecular weight is 406 g/mol. The lowest BCUT2D eigenvalue weighted by molar-refractivity contribution is -0.135. The van der Waals surface area contributed by atoms with Gasteiger partial charge in [-0.1, -0.05) is 6.07 Å². The third-order valence-corrected chi connectivity index (χ3v) is 6.20. The molecule has 0 saturated carbocycles. The lowest BCUT2D eigenvalue weighted by Gasteiger charge is -2.28. The van der Waals surface area contributed by atoms with E-state index >= 15 is 0 Å². The van der Waals surface area contributed by atoms with Gasteiger partial charge in [0, 0.05) is 17.0 Å². The predicted octanol–water partition coefficient (Wildman–Crippen LogP) is 4.05. The van der Waals surface area contributed by atoms with Crippen molar-refractivity contribution >= 4 is 16.9 Å². The van der Waals surface area contributed by atoms with Crippen molar-refractivity contribution < 1.29 is 23.4 Å². The number of esters is 1. The summed E-state index contributed by atoms with van der Waals surface area (Å²) in [7, 11) is 3.18. The molecule has 30 heavy (non-hydrogen) atoms. The van der Waals surface area contributed by atoms with Gasteiger partial charge in [-0.3, -0.25) is 4.79 Å². The van der Waals surface area contributed by atoms with Crippen molar-refractivity contribution in [2.24, 2.45) is 0 Å². The number of carbonyl (C=O) groups excluding carboxylic acids is 1. The van der Waals surface area contributed by atoms with Crippen LogP contribution in [0, 0.1) is 6.92 Å². The molecule has 5 rings (SSSR count). The second-order valence-corrected chi connectivity index (χ2v) is 7.85. The predicted molar refractivity (Wildman–Crippen MR) is 111 cm³/mol. The van der Waals surface area contributed by atoms with E-state index in [1.54, 1.807) is 14.2 Å². The standard InChI is InChI=1S/C24H22O6/c1-12-9-19-22(14-5-4-6-15(14)24(26)29-19)23-21(12)16(11-20(25)30-23)13-7-8-17(27-2)18(10-13)28-3/h7-10,16H,4-6,11H2,1-3H3. The first-order valence-corrected chi connectivity index (χ1v) is 10.1. The Bertz CT molecular complexity index is 1250. The molecule has 1 unspecified atom stereocenters. The Hall–Kier alpha value is -3.28. The van der Waals surface area contributed by atoms with Gasteiger partial charge in [-0.25, -0.2) is 4.79 Å². The van der Waals surface area contributed by atoms with Crippen LogP contribution in [0.1, 0.15) is 46.6 Å². The summed E-state index contributed by atoms with van der Waals surface area (Å²) in [6.07, 6.45) is 2.61. The summed E-state index contributed by atoms with van der Waals surface area (Å²) >= 11 is 0. The minimum atomic E-state index is -0.299. The smallest absolute Gasteiger partial charge is 0.339 e. The number of carbonyl (C=O) groups is 1. The van der Waals surface area contributed by atoms with Crippen LogP contribution >= 0.6 is 0 Å². The van der Waals surface area contributed by atoms with Crippen LogP contribution in [0.4, 0.5) is 0 Å². The molecule has 0 fully saturated rings. The van der Waals surface area contributed by atoms with Crippen LogP contribution in [0.3, 0.4) is 0 Å². The van der Waals surface area contributed by atoms with Gasteiger partial charge in [0.05, 0.1) is 26.0 Å². The van der Waals surface area contributed by atoms with E-state index in [4.69, 9.17) is 18.6 Å². The molecule has 2 aliphatic rings. The fourth-order valence-electron chi connectivity index (χ4n) is 4.86. The molecule has 3 aromatic rings. The summed E-state index contributed by atoms with van der Waals surface area (Å²) < 4.78 is 22.2. The number of fused-ring (bicyclic) bond motifs is 5. The molecule has 0 spiro atoms. The molecule has 154 valence electrons. The molecule has 1 aliphatic carbocycles. The summed E-state index contributed by atoms with van der Waals surface area (Å²) in [6, 6.07) is 7.60. The zero-order chi connectivity index (χ0) is 21.0. The van der Waals surface area contributed by atoms with E-state index in [2.05, 4.69) is 0 Å². The van der Waals surface area contributed by atoms with Gasteiger partial charge in [-0.2, -0.15) is 0 Å². The van der Waals surface area contributed by atoms with Gasteiger partial charge in [-0.15, -0.1) is 0 Å². The second kappa shape index (κ2) is 6.90. The molecule has 1 aromatic heterocycles. The molecule has 1 atom stereocenters. The Kier molecular flexibility index (Phi) is 4.31. The number of methoxy groups -OCH3 is 2. The molecule has 0 N–H and O–H groups in total. The Balaban J connectivity index is 1.78. The van der Waals surface area contributed by atoms with Crippen molar-refractivity contribution in [3.05, 3.63) is 62.5 Å². The van der Waals surface area contributed by atoms with Gasteiger partial charge in [0.1, 0.15) is 11.3 Å². The molecule has 6 heteroatoms. The van der Waals surface area contributed by atoms with Crippen molar-refractivity contribution in [1.82, 2.24) is 0 Å². The molecule has 0 radical (unpaired) electrons. The van der Waals surface area contributed by atoms with E-state index < -0.39 is 0 Å². The summed E-state index contributed by atoms with van der Waals surface area (Å²) in [4.78, 5) is 25.0. The van der Waals surface area contributed by atoms with Crippen LogP contribution in [0.2, 0.25) is 0 Å². The Labute approximate surface area is 173 Å². The van der Waals surface area contributed by atoms with Crippen molar-refractivity contribution in [3.8, 4) is 17.2 Å². The van der Waals surface area contributed by atoms with Crippen molar-refractivity contribution in [2.75, 3.05) is 14.2 Å². The average Bonchev–Trinajstić information content (AvgIpc) is 3.22. The normalized spacial score (nSPS) is 17.4. The van der Waals surface area contributed by atoms with Gasteiger partial charge in [0.2, 0.25) is 0 Å². The van der Waals surface area contributed by atoms with E-state index in [0.29, 0.717) is 34.8 Å². The number of rotatable bonds is 3. The lowest BCUT2D eigenvalue weighted by Crippen LogP contribution is -2.23.